The van der Waals surface area contributed by atoms with Crippen LogP contribution in [0.5, 0.6) is 0 Å². The van der Waals surface area contributed by atoms with Gasteiger partial charge in [0.05, 0.1) is 0 Å². The molecule has 0 aromatic carbocycles. The molecule has 2 aliphatic rings. The minimum atomic E-state index is 0. The van der Waals surface area contributed by atoms with Gasteiger partial charge in [-0.05, 0) is 37.7 Å². The first-order valence-electron chi connectivity index (χ1n) is 5.94. The quantitative estimate of drug-likeness (QED) is 0.196. The average Bonchev–Trinajstić information content (AvgIpc) is 3.16. The fourth-order valence-corrected chi connectivity index (χ4v) is 2.49. The Morgan fingerprint density at radius 2 is 1.62 bits per heavy atom. The monoisotopic (exact) mass is 328 g/mol. The topological polar surface area (TPSA) is 76.8 Å². The number of hydrogen-bond acceptors (Lipinski definition) is 1. The third-order valence-corrected chi connectivity index (χ3v) is 3.21. The largest absolute Gasteiger partial charge is 0 e. The van der Waals surface area contributed by atoms with E-state index in [0.717, 1.165) is 6.42 Å². The fraction of sp³-hybridized carbons (Fsp3) is 0.375. The average molecular weight is 328 g/mol. The summed E-state index contributed by atoms with van der Waals surface area (Å²) in [6.45, 7) is 15.5. The minimum Gasteiger partial charge on any atom is 0 e. The Kier molecular flexibility index (Phi) is 19.6. The van der Waals surface area contributed by atoms with Gasteiger partial charge in [-0.1, -0.05) is 30.4 Å². The Morgan fingerprint density at radius 3 is 2.00 bits per heavy atom. The molecular formula is C16H16FeO4. The molecule has 21 heavy (non-hydrogen) atoms. The van der Waals surface area contributed by atoms with Crippen molar-refractivity contribution in [3.8, 4) is 0 Å². The molecule has 0 radical (unpaired) electrons. The SMILES string of the molecule is C/C=C/C=C/C(=O)[C@H]1C[C@H]2C=C[C@@H]1C2.[C-]#[O+].[C-]#[O+].[C-]#[O+].[Fe]. The van der Waals surface area contributed by atoms with Crippen molar-refractivity contribution in [3.05, 3.63) is 56.4 Å². The van der Waals surface area contributed by atoms with E-state index in [0.29, 0.717) is 17.6 Å². The molecule has 1 fully saturated rings. The predicted molar refractivity (Wildman–Crippen MR) is 69.6 cm³/mol. The molecule has 2 aliphatic carbocycles. The molecule has 0 aromatic heterocycles. The summed E-state index contributed by atoms with van der Waals surface area (Å²) in [5, 5.41) is 0. The van der Waals surface area contributed by atoms with Crippen LogP contribution in [-0.2, 0) is 35.8 Å². The summed E-state index contributed by atoms with van der Waals surface area (Å²) in [4.78, 5) is 11.8. The van der Waals surface area contributed by atoms with Crippen LogP contribution in [0.4, 0.5) is 0 Å². The maximum Gasteiger partial charge on any atom is 0 e. The molecule has 0 saturated heterocycles. The molecule has 3 atom stereocenters. The van der Waals surface area contributed by atoms with E-state index in [9.17, 15) is 4.79 Å². The van der Waals surface area contributed by atoms with Gasteiger partial charge in [-0.3, -0.25) is 4.79 Å². The number of carbonyl (C=O) groups is 1. The first kappa shape index (κ1) is 24.6. The molecule has 0 amide bonds. The molecular weight excluding hydrogens is 312 g/mol. The summed E-state index contributed by atoms with van der Waals surface area (Å²) in [5.41, 5.74) is 0. The fourth-order valence-electron chi connectivity index (χ4n) is 2.49. The van der Waals surface area contributed by atoms with E-state index in [1.54, 1.807) is 6.08 Å². The van der Waals surface area contributed by atoms with Crippen molar-refractivity contribution in [2.45, 2.75) is 19.8 Å². The Balaban J connectivity index is -0.000000414. The van der Waals surface area contributed by atoms with Crippen molar-refractivity contribution < 1.29 is 35.8 Å². The van der Waals surface area contributed by atoms with Gasteiger partial charge in [0.15, 0.2) is 5.78 Å². The second-order valence-electron chi connectivity index (χ2n) is 4.17. The smallest absolute Gasteiger partial charge is 0 e. The van der Waals surface area contributed by atoms with Crippen LogP contribution in [0.1, 0.15) is 19.8 Å². The van der Waals surface area contributed by atoms with Crippen LogP contribution in [0.15, 0.2) is 36.5 Å². The van der Waals surface area contributed by atoms with Crippen LogP contribution in [0.3, 0.4) is 0 Å². The molecule has 0 unspecified atom stereocenters. The zero-order valence-electron chi connectivity index (χ0n) is 11.6. The molecule has 2 bridgehead atoms. The van der Waals surface area contributed by atoms with E-state index < -0.39 is 0 Å². The molecule has 0 heterocycles. The van der Waals surface area contributed by atoms with Gasteiger partial charge in [0, 0.05) is 23.0 Å². The Labute approximate surface area is 136 Å². The molecule has 5 heteroatoms. The molecule has 4 nitrogen and oxygen atoms in total. The van der Waals surface area contributed by atoms with Gasteiger partial charge < -0.3 is 0 Å². The van der Waals surface area contributed by atoms with Gasteiger partial charge in [0.25, 0.3) is 0 Å². The summed E-state index contributed by atoms with van der Waals surface area (Å²) >= 11 is 0. The maximum absolute atomic E-state index is 11.8. The minimum absolute atomic E-state index is 0. The van der Waals surface area contributed by atoms with Gasteiger partial charge >= 0.3 is 33.9 Å². The number of hydrogen-bond donors (Lipinski definition) is 0. The van der Waals surface area contributed by atoms with Crippen LogP contribution >= 0.6 is 0 Å². The first-order chi connectivity index (χ1) is 9.81. The van der Waals surface area contributed by atoms with Crippen LogP contribution in [-0.4, -0.2) is 5.78 Å². The van der Waals surface area contributed by atoms with E-state index in [1.807, 2.05) is 25.2 Å². The van der Waals surface area contributed by atoms with Crippen molar-refractivity contribution in [1.82, 2.24) is 0 Å². The molecule has 0 aromatic rings. The van der Waals surface area contributed by atoms with Gasteiger partial charge in [-0.2, -0.15) is 0 Å². The first-order valence-corrected chi connectivity index (χ1v) is 5.94. The van der Waals surface area contributed by atoms with E-state index >= 15 is 0 Å². The third-order valence-electron chi connectivity index (χ3n) is 3.21. The number of fused-ring (bicyclic) bond motifs is 2. The molecule has 1 saturated carbocycles. The van der Waals surface area contributed by atoms with E-state index in [4.69, 9.17) is 14.0 Å². The Bertz CT molecular complexity index is 415. The van der Waals surface area contributed by atoms with E-state index in [-0.39, 0.29) is 23.0 Å². The van der Waals surface area contributed by atoms with Crippen LogP contribution in [0, 0.1) is 37.7 Å². The van der Waals surface area contributed by atoms with E-state index in [2.05, 4.69) is 32.1 Å². The van der Waals surface area contributed by atoms with Crippen LogP contribution in [0.25, 0.3) is 0 Å². The molecule has 0 N–H and O–H groups in total. The number of carbonyl (C=O) groups excluding carboxylic acids is 1. The third kappa shape index (κ3) is 8.49. The Morgan fingerprint density at radius 1 is 1.05 bits per heavy atom. The van der Waals surface area contributed by atoms with Crippen LogP contribution < -0.4 is 0 Å². The van der Waals surface area contributed by atoms with Crippen LogP contribution in [0.2, 0.25) is 0 Å². The van der Waals surface area contributed by atoms with Gasteiger partial charge in [0.1, 0.15) is 0 Å². The number of ketones is 1. The van der Waals surface area contributed by atoms with Crippen molar-refractivity contribution in [3.63, 3.8) is 0 Å². The van der Waals surface area contributed by atoms with Gasteiger partial charge in [0.2, 0.25) is 0 Å². The normalized spacial score (nSPS) is 23.7. The summed E-state index contributed by atoms with van der Waals surface area (Å²) < 4.78 is 22.5. The summed E-state index contributed by atoms with van der Waals surface area (Å²) in [6, 6.07) is 0. The number of rotatable bonds is 3. The molecule has 0 spiro atoms. The Hall–Kier alpha value is -1.37. The summed E-state index contributed by atoms with van der Waals surface area (Å²) in [7, 11) is 0. The number of allylic oxidation sites excluding steroid dienone is 6. The molecule has 2 rings (SSSR count). The van der Waals surface area contributed by atoms with Gasteiger partial charge in [-0.25, -0.2) is 0 Å². The second-order valence-corrected chi connectivity index (χ2v) is 4.17. The van der Waals surface area contributed by atoms with Gasteiger partial charge in [-0.15, -0.1) is 0 Å². The molecule has 0 aliphatic heterocycles. The zero-order valence-corrected chi connectivity index (χ0v) is 12.7. The molecule has 112 valence electrons. The summed E-state index contributed by atoms with van der Waals surface area (Å²) in [5.74, 6) is 1.79. The second kappa shape index (κ2) is 16.7. The van der Waals surface area contributed by atoms with Crippen molar-refractivity contribution in [2.75, 3.05) is 0 Å². The zero-order chi connectivity index (χ0) is 16.0. The predicted octanol–water partition coefficient (Wildman–Crippen LogP) is 2.78. The van der Waals surface area contributed by atoms with Crippen molar-refractivity contribution in [2.24, 2.45) is 17.8 Å². The van der Waals surface area contributed by atoms with Crippen molar-refractivity contribution >= 4 is 5.78 Å². The standard InChI is InChI=1S/C13H16O.3CO.Fe/c1-2-3-4-5-13(14)12-9-10-6-7-11(12)8-10;3*1-2;/h2-7,10-12H,8-9H2,1H3;;;;/b3-2+,5-4+;;;;/t10-,11+,12-;;;;/m0..../s1. The van der Waals surface area contributed by atoms with Crippen molar-refractivity contribution in [1.29, 1.82) is 0 Å². The maximum atomic E-state index is 11.8. The van der Waals surface area contributed by atoms with E-state index in [1.165, 1.54) is 6.42 Å². The summed E-state index contributed by atoms with van der Waals surface area (Å²) in [6.07, 6.45) is 14.2.